The Bertz CT molecular complexity index is 761. The molecule has 6 nitrogen and oxygen atoms in total. The van der Waals surface area contributed by atoms with E-state index in [-0.39, 0.29) is 12.5 Å². The Labute approximate surface area is 150 Å². The maximum atomic E-state index is 12.2. The third-order valence-electron chi connectivity index (χ3n) is 4.39. The Balaban J connectivity index is 1.48. The fraction of sp³-hybridized carbons (Fsp3) is 0.389. The normalized spacial score (nSPS) is 20.0. The van der Waals surface area contributed by atoms with Crippen molar-refractivity contribution in [3.63, 3.8) is 0 Å². The summed E-state index contributed by atoms with van der Waals surface area (Å²) in [4.78, 5) is 29.6. The van der Waals surface area contributed by atoms with Crippen molar-refractivity contribution in [2.75, 3.05) is 18.8 Å². The summed E-state index contributed by atoms with van der Waals surface area (Å²) in [6.45, 7) is 2.48. The van der Waals surface area contributed by atoms with Gasteiger partial charge in [-0.05, 0) is 25.5 Å². The van der Waals surface area contributed by atoms with Gasteiger partial charge >= 0.3 is 5.97 Å². The second-order valence-corrected chi connectivity index (χ2v) is 7.42. The molecule has 1 aliphatic rings. The van der Waals surface area contributed by atoms with Crippen LogP contribution in [-0.4, -0.2) is 45.7 Å². The number of carbonyl (C=O) groups excluding carboxylic acids is 1. The molecule has 1 saturated heterocycles. The van der Waals surface area contributed by atoms with Crippen molar-refractivity contribution >= 4 is 23.6 Å². The van der Waals surface area contributed by atoms with Crippen molar-refractivity contribution in [1.29, 1.82) is 0 Å². The van der Waals surface area contributed by atoms with Crippen LogP contribution in [0.3, 0.4) is 0 Å². The molecular weight excluding hydrogens is 340 g/mol. The number of hydrogen-bond donors (Lipinski definition) is 1. The predicted octanol–water partition coefficient (Wildman–Crippen LogP) is 2.90. The number of carboxylic acid groups (broad SMARTS) is 1. The smallest absolute Gasteiger partial charge is 0.311 e. The number of carboxylic acids is 1. The second kappa shape index (κ2) is 7.31. The maximum absolute atomic E-state index is 12.2. The van der Waals surface area contributed by atoms with Gasteiger partial charge in [0.1, 0.15) is 6.26 Å². The molecule has 7 heteroatoms. The lowest BCUT2D eigenvalue weighted by atomic mass is 9.90. The molecule has 2 heterocycles. The van der Waals surface area contributed by atoms with Crippen molar-refractivity contribution in [1.82, 2.24) is 9.88 Å². The van der Waals surface area contributed by atoms with Crippen LogP contribution in [-0.2, 0) is 15.3 Å². The van der Waals surface area contributed by atoms with Gasteiger partial charge in [0.05, 0.1) is 16.9 Å². The Hall–Kier alpha value is -2.28. The number of carbonyl (C=O) groups is 2. The van der Waals surface area contributed by atoms with E-state index in [1.165, 1.54) is 11.8 Å². The van der Waals surface area contributed by atoms with Gasteiger partial charge in [0.25, 0.3) is 0 Å². The third kappa shape index (κ3) is 4.04. The number of thioether (sulfide) groups is 1. The molecule has 3 rings (SSSR count). The number of likely N-dealkylation sites (tertiary alicyclic amines) is 1. The van der Waals surface area contributed by atoms with Crippen LogP contribution in [0, 0.1) is 5.41 Å². The molecule has 1 aliphatic heterocycles. The summed E-state index contributed by atoms with van der Waals surface area (Å²) in [6, 6.07) is 9.64. The van der Waals surface area contributed by atoms with Gasteiger partial charge in [0, 0.05) is 24.4 Å². The molecule has 0 saturated carbocycles. The summed E-state index contributed by atoms with van der Waals surface area (Å²) in [5.74, 6) is 0.586. The number of nitrogens with zero attached hydrogens (tertiary/aromatic N) is 2. The number of aliphatic carboxylic acids is 1. The molecule has 132 valence electrons. The molecule has 0 radical (unpaired) electrons. The van der Waals surface area contributed by atoms with E-state index in [4.69, 9.17) is 4.42 Å². The number of aromatic nitrogens is 1. The molecule has 1 N–H and O–H groups in total. The summed E-state index contributed by atoms with van der Waals surface area (Å²) in [5, 5.41) is 9.23. The van der Waals surface area contributed by atoms with Crippen LogP contribution < -0.4 is 0 Å². The van der Waals surface area contributed by atoms with Crippen molar-refractivity contribution in [3.05, 3.63) is 42.3 Å². The minimum atomic E-state index is -0.841. The number of benzene rings is 1. The van der Waals surface area contributed by atoms with Crippen LogP contribution in [0.25, 0.3) is 11.5 Å². The number of amides is 1. The van der Waals surface area contributed by atoms with E-state index in [1.54, 1.807) is 18.1 Å². The molecule has 2 aromatic rings. The van der Waals surface area contributed by atoms with E-state index < -0.39 is 11.4 Å². The quantitative estimate of drug-likeness (QED) is 0.853. The first kappa shape index (κ1) is 17.5. The van der Waals surface area contributed by atoms with Gasteiger partial charge in [-0.15, -0.1) is 11.8 Å². The highest BCUT2D eigenvalue weighted by atomic mass is 32.2. The summed E-state index contributed by atoms with van der Waals surface area (Å²) < 4.78 is 5.48. The Kier molecular flexibility index (Phi) is 5.13. The summed E-state index contributed by atoms with van der Waals surface area (Å²) >= 11 is 1.46. The SMILES string of the molecule is CC1(C(=O)O)CCN(C(=O)CSCc2coc(-c3ccccc3)n2)C1. The van der Waals surface area contributed by atoms with E-state index in [0.29, 0.717) is 30.4 Å². The van der Waals surface area contributed by atoms with Gasteiger partial charge in [-0.2, -0.15) is 0 Å². The Morgan fingerprint density at radius 3 is 2.80 bits per heavy atom. The van der Waals surface area contributed by atoms with Gasteiger partial charge < -0.3 is 14.4 Å². The van der Waals surface area contributed by atoms with Crippen molar-refractivity contribution < 1.29 is 19.1 Å². The summed E-state index contributed by atoms with van der Waals surface area (Å²) in [6.07, 6.45) is 2.11. The summed E-state index contributed by atoms with van der Waals surface area (Å²) in [7, 11) is 0. The standard InChI is InChI=1S/C18H20N2O4S/c1-18(17(22)23)7-8-20(12-18)15(21)11-25-10-14-9-24-16(19-14)13-5-3-2-4-6-13/h2-6,9H,7-8,10-12H2,1H3,(H,22,23). The van der Waals surface area contributed by atoms with Crippen molar-refractivity contribution in [2.24, 2.45) is 5.41 Å². The average Bonchev–Trinajstić information content (AvgIpc) is 3.23. The Morgan fingerprint density at radius 2 is 2.12 bits per heavy atom. The predicted molar refractivity (Wildman–Crippen MR) is 95.0 cm³/mol. The zero-order chi connectivity index (χ0) is 17.9. The van der Waals surface area contributed by atoms with E-state index in [0.717, 1.165) is 11.3 Å². The minimum absolute atomic E-state index is 0.0262. The molecule has 1 amide bonds. The van der Waals surface area contributed by atoms with Gasteiger partial charge in [-0.1, -0.05) is 18.2 Å². The highest BCUT2D eigenvalue weighted by Gasteiger charge is 2.41. The van der Waals surface area contributed by atoms with Crippen molar-refractivity contribution in [3.8, 4) is 11.5 Å². The molecule has 25 heavy (non-hydrogen) atoms. The van der Waals surface area contributed by atoms with Gasteiger partial charge in [-0.25, -0.2) is 4.98 Å². The largest absolute Gasteiger partial charge is 0.481 e. The number of rotatable bonds is 6. The van der Waals surface area contributed by atoms with Crippen LogP contribution in [0.2, 0.25) is 0 Å². The van der Waals surface area contributed by atoms with Crippen LogP contribution >= 0.6 is 11.8 Å². The first-order valence-electron chi connectivity index (χ1n) is 8.07. The maximum Gasteiger partial charge on any atom is 0.311 e. The molecule has 1 aromatic carbocycles. The molecular formula is C18H20N2O4S. The van der Waals surface area contributed by atoms with E-state index in [9.17, 15) is 14.7 Å². The molecule has 1 fully saturated rings. The third-order valence-corrected chi connectivity index (χ3v) is 5.34. The Morgan fingerprint density at radius 1 is 1.36 bits per heavy atom. The fourth-order valence-electron chi connectivity index (χ4n) is 2.77. The second-order valence-electron chi connectivity index (χ2n) is 6.43. The van der Waals surface area contributed by atoms with Crippen LogP contribution in [0.15, 0.2) is 41.0 Å². The topological polar surface area (TPSA) is 83.6 Å². The van der Waals surface area contributed by atoms with Crippen LogP contribution in [0.1, 0.15) is 19.0 Å². The average molecular weight is 360 g/mol. The molecule has 0 aliphatic carbocycles. The first-order valence-corrected chi connectivity index (χ1v) is 9.22. The lowest BCUT2D eigenvalue weighted by Gasteiger charge is -2.19. The highest BCUT2D eigenvalue weighted by molar-refractivity contribution is 7.99. The minimum Gasteiger partial charge on any atom is -0.481 e. The number of oxazole rings is 1. The summed E-state index contributed by atoms with van der Waals surface area (Å²) in [5.41, 5.74) is 0.880. The van der Waals surface area contributed by atoms with E-state index in [2.05, 4.69) is 4.98 Å². The number of hydrogen-bond acceptors (Lipinski definition) is 5. The lowest BCUT2D eigenvalue weighted by molar-refractivity contribution is -0.147. The first-order chi connectivity index (χ1) is 12.0. The molecule has 1 unspecified atom stereocenters. The van der Waals surface area contributed by atoms with Crippen LogP contribution in [0.4, 0.5) is 0 Å². The van der Waals surface area contributed by atoms with E-state index in [1.807, 2.05) is 30.3 Å². The zero-order valence-corrected chi connectivity index (χ0v) is 14.8. The molecule has 1 aromatic heterocycles. The molecule has 0 spiro atoms. The fourth-order valence-corrected chi connectivity index (χ4v) is 3.57. The van der Waals surface area contributed by atoms with Crippen LogP contribution in [0.5, 0.6) is 0 Å². The molecule has 1 atom stereocenters. The molecule has 0 bridgehead atoms. The van der Waals surface area contributed by atoms with Gasteiger partial charge in [0.2, 0.25) is 11.8 Å². The van der Waals surface area contributed by atoms with E-state index >= 15 is 0 Å². The highest BCUT2D eigenvalue weighted by Crippen LogP contribution is 2.30. The van der Waals surface area contributed by atoms with Gasteiger partial charge in [0.15, 0.2) is 0 Å². The monoisotopic (exact) mass is 360 g/mol. The lowest BCUT2D eigenvalue weighted by Crippen LogP contribution is -2.35. The van der Waals surface area contributed by atoms with Gasteiger partial charge in [-0.3, -0.25) is 9.59 Å². The zero-order valence-electron chi connectivity index (χ0n) is 14.0. The van der Waals surface area contributed by atoms with Crippen molar-refractivity contribution in [2.45, 2.75) is 19.1 Å².